The molecule has 1 rings (SSSR count). The third-order valence-electron chi connectivity index (χ3n) is 1.87. The molecule has 0 aliphatic rings. The molecule has 84 valence electrons. The minimum Gasteiger partial charge on any atom is -0.494 e. The lowest BCUT2D eigenvalue weighted by atomic mass is 10.2. The van der Waals surface area contributed by atoms with Gasteiger partial charge in [0.25, 0.3) is 0 Å². The first kappa shape index (κ1) is 12.4. The summed E-state index contributed by atoms with van der Waals surface area (Å²) >= 11 is 1.88. The van der Waals surface area contributed by atoms with Gasteiger partial charge in [-0.25, -0.2) is 0 Å². The summed E-state index contributed by atoms with van der Waals surface area (Å²) < 4.78 is 5.64. The van der Waals surface area contributed by atoms with Crippen molar-refractivity contribution >= 4 is 11.8 Å². The maximum absolute atomic E-state index is 5.64. The van der Waals surface area contributed by atoms with Gasteiger partial charge < -0.3 is 4.74 Å². The smallest absolute Gasteiger partial charge is 0.120 e. The van der Waals surface area contributed by atoms with Gasteiger partial charge in [-0.3, -0.25) is 0 Å². The van der Waals surface area contributed by atoms with Crippen LogP contribution in [0.4, 0.5) is 0 Å². The zero-order chi connectivity index (χ0) is 11.3. The Bertz CT molecular complexity index is 307. The Kier molecular flexibility index (Phi) is 5.03. The fourth-order valence-electron chi connectivity index (χ4n) is 1.36. The average Bonchev–Trinajstić information content (AvgIpc) is 2.12. The van der Waals surface area contributed by atoms with Crippen molar-refractivity contribution in [3.63, 3.8) is 0 Å². The average molecular weight is 224 g/mol. The summed E-state index contributed by atoms with van der Waals surface area (Å²) in [6.07, 6.45) is 1.06. The van der Waals surface area contributed by atoms with E-state index in [2.05, 4.69) is 45.9 Å². The molecular formula is C13H20OS. The third-order valence-corrected chi connectivity index (χ3v) is 2.85. The highest BCUT2D eigenvalue weighted by atomic mass is 32.2. The van der Waals surface area contributed by atoms with Crippen LogP contribution in [-0.2, 0) is 0 Å². The standard InChI is InChI=1S/C13H20OS/c1-5-6-14-12-7-11(4)8-13(9-12)15-10(2)3/h7-10H,5-6H2,1-4H3. The van der Waals surface area contributed by atoms with Crippen molar-refractivity contribution in [3.8, 4) is 5.75 Å². The molecule has 0 aliphatic heterocycles. The summed E-state index contributed by atoms with van der Waals surface area (Å²) in [6.45, 7) is 9.46. The van der Waals surface area contributed by atoms with Crippen LogP contribution in [0.1, 0.15) is 32.8 Å². The first-order chi connectivity index (χ1) is 7.11. The molecule has 0 saturated carbocycles. The van der Waals surface area contributed by atoms with E-state index in [0.717, 1.165) is 18.8 Å². The van der Waals surface area contributed by atoms with E-state index in [9.17, 15) is 0 Å². The summed E-state index contributed by atoms with van der Waals surface area (Å²) in [7, 11) is 0. The number of thioether (sulfide) groups is 1. The van der Waals surface area contributed by atoms with Gasteiger partial charge in [-0.1, -0.05) is 20.8 Å². The molecule has 0 heterocycles. The van der Waals surface area contributed by atoms with Crippen LogP contribution in [0.5, 0.6) is 5.75 Å². The fourth-order valence-corrected chi connectivity index (χ4v) is 2.34. The number of benzene rings is 1. The Hall–Kier alpha value is -0.630. The highest BCUT2D eigenvalue weighted by Crippen LogP contribution is 2.28. The van der Waals surface area contributed by atoms with Gasteiger partial charge in [0.1, 0.15) is 5.75 Å². The largest absolute Gasteiger partial charge is 0.494 e. The van der Waals surface area contributed by atoms with Crippen LogP contribution < -0.4 is 4.74 Å². The van der Waals surface area contributed by atoms with Gasteiger partial charge >= 0.3 is 0 Å². The molecule has 1 aromatic carbocycles. The Morgan fingerprint density at radius 3 is 2.60 bits per heavy atom. The first-order valence-electron chi connectivity index (χ1n) is 5.53. The number of ether oxygens (including phenoxy) is 1. The lowest BCUT2D eigenvalue weighted by Crippen LogP contribution is -1.96. The van der Waals surface area contributed by atoms with E-state index >= 15 is 0 Å². The predicted octanol–water partition coefficient (Wildman–Crippen LogP) is 4.28. The summed E-state index contributed by atoms with van der Waals surface area (Å²) in [4.78, 5) is 1.30. The van der Waals surface area contributed by atoms with Gasteiger partial charge in [0, 0.05) is 10.1 Å². The molecule has 0 amide bonds. The molecule has 0 unspecified atom stereocenters. The van der Waals surface area contributed by atoms with Gasteiger partial charge in [0.2, 0.25) is 0 Å². The Morgan fingerprint density at radius 1 is 1.27 bits per heavy atom. The second-order valence-electron chi connectivity index (χ2n) is 4.00. The van der Waals surface area contributed by atoms with Gasteiger partial charge in [-0.05, 0) is 37.1 Å². The molecular weight excluding hydrogens is 204 g/mol. The molecule has 15 heavy (non-hydrogen) atoms. The van der Waals surface area contributed by atoms with Crippen molar-refractivity contribution < 1.29 is 4.74 Å². The maximum Gasteiger partial charge on any atom is 0.120 e. The zero-order valence-electron chi connectivity index (χ0n) is 10.0. The molecule has 0 spiro atoms. The van der Waals surface area contributed by atoms with E-state index in [-0.39, 0.29) is 0 Å². The summed E-state index contributed by atoms with van der Waals surface area (Å²) in [5.74, 6) is 1.00. The van der Waals surface area contributed by atoms with Crippen LogP contribution in [-0.4, -0.2) is 11.9 Å². The van der Waals surface area contributed by atoms with Crippen LogP contribution in [0.2, 0.25) is 0 Å². The minimum atomic E-state index is 0.617. The molecule has 0 bridgehead atoms. The molecule has 1 aromatic rings. The number of rotatable bonds is 5. The highest BCUT2D eigenvalue weighted by Gasteiger charge is 2.02. The highest BCUT2D eigenvalue weighted by molar-refractivity contribution is 7.99. The molecule has 0 aromatic heterocycles. The molecule has 0 radical (unpaired) electrons. The first-order valence-corrected chi connectivity index (χ1v) is 6.41. The zero-order valence-corrected chi connectivity index (χ0v) is 10.9. The van der Waals surface area contributed by atoms with Crippen molar-refractivity contribution in [3.05, 3.63) is 23.8 Å². The Labute approximate surface area is 97.2 Å². The van der Waals surface area contributed by atoms with Crippen LogP contribution >= 0.6 is 11.8 Å². The van der Waals surface area contributed by atoms with Crippen LogP contribution in [0, 0.1) is 6.92 Å². The number of hydrogen-bond donors (Lipinski definition) is 0. The molecule has 2 heteroatoms. The molecule has 0 N–H and O–H groups in total. The van der Waals surface area contributed by atoms with Gasteiger partial charge in [-0.15, -0.1) is 11.8 Å². The van der Waals surface area contributed by atoms with Crippen LogP contribution in [0.25, 0.3) is 0 Å². The van der Waals surface area contributed by atoms with Crippen molar-refractivity contribution in [1.82, 2.24) is 0 Å². The molecule has 0 saturated heterocycles. The third kappa shape index (κ3) is 4.61. The Morgan fingerprint density at radius 2 is 2.00 bits per heavy atom. The second kappa shape index (κ2) is 6.06. The van der Waals surface area contributed by atoms with Crippen LogP contribution in [0.15, 0.2) is 23.1 Å². The Balaban J connectivity index is 2.75. The maximum atomic E-state index is 5.64. The summed E-state index contributed by atoms with van der Waals surface area (Å²) in [5.41, 5.74) is 1.27. The molecule has 0 aliphatic carbocycles. The van der Waals surface area contributed by atoms with Gasteiger partial charge in [0.05, 0.1) is 6.61 Å². The predicted molar refractivity (Wildman–Crippen MR) is 68.0 cm³/mol. The van der Waals surface area contributed by atoms with Crippen molar-refractivity contribution in [1.29, 1.82) is 0 Å². The van der Waals surface area contributed by atoms with Gasteiger partial charge in [0.15, 0.2) is 0 Å². The normalized spacial score (nSPS) is 10.7. The lowest BCUT2D eigenvalue weighted by molar-refractivity contribution is 0.316. The summed E-state index contributed by atoms with van der Waals surface area (Å²) in [6, 6.07) is 6.44. The van der Waals surface area contributed by atoms with E-state index < -0.39 is 0 Å². The van der Waals surface area contributed by atoms with E-state index in [1.54, 1.807) is 0 Å². The quantitative estimate of drug-likeness (QED) is 0.690. The van der Waals surface area contributed by atoms with E-state index in [1.165, 1.54) is 10.5 Å². The van der Waals surface area contributed by atoms with Crippen molar-refractivity contribution in [2.75, 3.05) is 6.61 Å². The lowest BCUT2D eigenvalue weighted by Gasteiger charge is -2.10. The van der Waals surface area contributed by atoms with Gasteiger partial charge in [-0.2, -0.15) is 0 Å². The monoisotopic (exact) mass is 224 g/mol. The molecule has 1 nitrogen and oxygen atoms in total. The topological polar surface area (TPSA) is 9.23 Å². The van der Waals surface area contributed by atoms with Crippen molar-refractivity contribution in [2.24, 2.45) is 0 Å². The SMILES string of the molecule is CCCOc1cc(C)cc(SC(C)C)c1. The number of hydrogen-bond acceptors (Lipinski definition) is 2. The van der Waals surface area contributed by atoms with E-state index in [1.807, 2.05) is 11.8 Å². The minimum absolute atomic E-state index is 0.617. The van der Waals surface area contributed by atoms with E-state index in [4.69, 9.17) is 4.74 Å². The molecule has 0 fully saturated rings. The number of aryl methyl sites for hydroxylation is 1. The van der Waals surface area contributed by atoms with E-state index in [0.29, 0.717) is 5.25 Å². The molecule has 0 atom stereocenters. The fraction of sp³-hybridized carbons (Fsp3) is 0.538. The van der Waals surface area contributed by atoms with Crippen molar-refractivity contribution in [2.45, 2.75) is 44.3 Å². The summed E-state index contributed by atoms with van der Waals surface area (Å²) in [5, 5.41) is 0.617. The van der Waals surface area contributed by atoms with Crippen LogP contribution in [0.3, 0.4) is 0 Å². The second-order valence-corrected chi connectivity index (χ2v) is 5.65.